The van der Waals surface area contributed by atoms with Gasteiger partial charge in [0.1, 0.15) is 11.5 Å². The van der Waals surface area contributed by atoms with E-state index in [1.807, 2.05) is 25.1 Å². The number of carbonyl (C=O) groups is 1. The Labute approximate surface area is 164 Å². The van der Waals surface area contributed by atoms with Crippen molar-refractivity contribution in [2.24, 2.45) is 0 Å². The number of rotatable bonds is 8. The molecule has 2 unspecified atom stereocenters. The molecular weight excluding hydrogens is 359 g/mol. The van der Waals surface area contributed by atoms with Crippen molar-refractivity contribution in [2.75, 3.05) is 13.7 Å². The first kappa shape index (κ1) is 20.2. The van der Waals surface area contributed by atoms with Gasteiger partial charge in [-0.25, -0.2) is 0 Å². The quantitative estimate of drug-likeness (QED) is 0.595. The highest BCUT2D eigenvalue weighted by molar-refractivity contribution is 6.43. The van der Waals surface area contributed by atoms with Crippen molar-refractivity contribution in [3.63, 3.8) is 0 Å². The zero-order chi connectivity index (χ0) is 20.1. The van der Waals surface area contributed by atoms with Crippen LogP contribution in [-0.2, 0) is 11.2 Å². The van der Waals surface area contributed by atoms with Gasteiger partial charge in [-0.2, -0.15) is 0 Å². The molecule has 0 saturated heterocycles. The van der Waals surface area contributed by atoms with Gasteiger partial charge in [0.25, 0.3) is 0 Å². The number of benzene rings is 1. The normalized spacial score (nSPS) is 16.1. The Morgan fingerprint density at radius 3 is 2.89 bits per heavy atom. The zero-order valence-electron chi connectivity index (χ0n) is 16.1. The lowest BCUT2D eigenvalue weighted by atomic mass is 9.73. The molecule has 1 aromatic carbocycles. The fourth-order valence-corrected chi connectivity index (χ4v) is 3.42. The number of amides is 1. The van der Waals surface area contributed by atoms with Gasteiger partial charge in [0.15, 0.2) is 0 Å². The summed E-state index contributed by atoms with van der Waals surface area (Å²) in [5.41, 5.74) is 2.87. The third kappa shape index (κ3) is 4.82. The number of ether oxygens (including phenoxy) is 2. The van der Waals surface area contributed by atoms with E-state index in [2.05, 4.69) is 10.3 Å². The third-order valence-electron chi connectivity index (χ3n) is 5.00. The lowest BCUT2D eigenvalue weighted by molar-refractivity contribution is -0.121. The number of pyridine rings is 1. The van der Waals surface area contributed by atoms with Crippen molar-refractivity contribution >= 4 is 13.0 Å². The summed E-state index contributed by atoms with van der Waals surface area (Å²) in [6.07, 6.45) is 2.66. The highest BCUT2D eigenvalue weighted by Crippen LogP contribution is 2.38. The second-order valence-corrected chi connectivity index (χ2v) is 7.01. The summed E-state index contributed by atoms with van der Waals surface area (Å²) in [6.45, 7) is 2.45. The summed E-state index contributed by atoms with van der Waals surface area (Å²) >= 11 is 0. The average molecular weight is 384 g/mol. The van der Waals surface area contributed by atoms with Gasteiger partial charge in [0, 0.05) is 23.6 Å². The predicted molar refractivity (Wildman–Crippen MR) is 105 cm³/mol. The molecule has 0 aliphatic carbocycles. The van der Waals surface area contributed by atoms with E-state index >= 15 is 0 Å². The first-order valence-corrected chi connectivity index (χ1v) is 9.34. The van der Waals surface area contributed by atoms with Crippen LogP contribution in [0.5, 0.6) is 11.5 Å². The van der Waals surface area contributed by atoms with Gasteiger partial charge < -0.3 is 24.8 Å². The van der Waals surface area contributed by atoms with Crippen LogP contribution < -0.4 is 14.8 Å². The highest BCUT2D eigenvalue weighted by atomic mass is 16.5. The number of hydrogen-bond acceptors (Lipinski definition) is 6. The summed E-state index contributed by atoms with van der Waals surface area (Å²) in [5.74, 6) is 0.502. The van der Waals surface area contributed by atoms with E-state index in [-0.39, 0.29) is 18.2 Å². The van der Waals surface area contributed by atoms with E-state index in [9.17, 15) is 14.8 Å². The van der Waals surface area contributed by atoms with Gasteiger partial charge in [-0.1, -0.05) is 18.2 Å². The van der Waals surface area contributed by atoms with Crippen molar-refractivity contribution < 1.29 is 24.3 Å². The number of carbonyl (C=O) groups excluding carboxylic acids is 1. The molecule has 3 rings (SSSR count). The number of para-hydroxylation sites is 1. The molecule has 2 aromatic rings. The fourth-order valence-electron chi connectivity index (χ4n) is 3.42. The minimum absolute atomic E-state index is 0.00487. The van der Waals surface area contributed by atoms with Crippen LogP contribution >= 0.6 is 0 Å². The lowest BCUT2D eigenvalue weighted by Crippen LogP contribution is -2.47. The van der Waals surface area contributed by atoms with E-state index in [1.165, 1.54) is 0 Å². The van der Waals surface area contributed by atoms with Crippen molar-refractivity contribution in [1.29, 1.82) is 0 Å². The molecule has 1 amide bonds. The number of aryl methyl sites for hydroxylation is 2. The van der Waals surface area contributed by atoms with E-state index in [0.29, 0.717) is 25.2 Å². The van der Waals surface area contributed by atoms with E-state index in [0.717, 1.165) is 22.6 Å². The van der Waals surface area contributed by atoms with Crippen LogP contribution in [0.3, 0.4) is 0 Å². The smallest absolute Gasteiger partial charge is 0.475 e. The van der Waals surface area contributed by atoms with Gasteiger partial charge in [-0.15, -0.1) is 0 Å². The van der Waals surface area contributed by atoms with Crippen molar-refractivity contribution in [3.8, 4) is 11.5 Å². The van der Waals surface area contributed by atoms with E-state index < -0.39 is 13.1 Å². The molecule has 2 heterocycles. The van der Waals surface area contributed by atoms with Gasteiger partial charge in [-0.05, 0) is 37.5 Å². The van der Waals surface area contributed by atoms with Crippen LogP contribution in [0, 0.1) is 6.92 Å². The van der Waals surface area contributed by atoms with Crippen molar-refractivity contribution in [3.05, 3.63) is 53.3 Å². The standard InChI is InChI=1S/C20H25BN2O5/c1-13-4-3-5-17-14(12-28-20(13)17)10-18(21(25)26)23-19(24)9-7-15-6-8-16(27-2)11-22-15/h3-6,8,11,14,18,25-26H,7,9-10,12H2,1-2H3,(H,23,24). The van der Waals surface area contributed by atoms with Gasteiger partial charge in [0.05, 0.1) is 25.9 Å². The molecule has 148 valence electrons. The van der Waals surface area contributed by atoms with Gasteiger partial charge in [0.2, 0.25) is 5.91 Å². The molecule has 7 nitrogen and oxygen atoms in total. The Morgan fingerprint density at radius 2 is 2.21 bits per heavy atom. The first-order chi connectivity index (χ1) is 13.5. The Kier molecular flexibility index (Phi) is 6.54. The Hall–Kier alpha value is -2.58. The van der Waals surface area contributed by atoms with Crippen LogP contribution in [0.15, 0.2) is 36.5 Å². The monoisotopic (exact) mass is 384 g/mol. The molecule has 0 bridgehead atoms. The van der Waals surface area contributed by atoms with Crippen molar-refractivity contribution in [2.45, 2.75) is 38.0 Å². The molecule has 0 radical (unpaired) electrons. The van der Waals surface area contributed by atoms with Gasteiger partial charge in [-0.3, -0.25) is 9.78 Å². The lowest BCUT2D eigenvalue weighted by Gasteiger charge is -2.21. The molecule has 2 atom stereocenters. The Bertz CT molecular complexity index is 813. The topological polar surface area (TPSA) is 101 Å². The SMILES string of the molecule is COc1ccc(CCC(=O)NC(CC2COc3c(C)cccc32)B(O)O)nc1. The molecule has 3 N–H and O–H groups in total. The molecule has 1 aliphatic rings. The van der Waals surface area contributed by atoms with Gasteiger partial charge >= 0.3 is 7.12 Å². The van der Waals surface area contributed by atoms with Crippen LogP contribution in [0.1, 0.15) is 35.6 Å². The van der Waals surface area contributed by atoms with Crippen LogP contribution in [0.25, 0.3) is 0 Å². The van der Waals surface area contributed by atoms with Crippen LogP contribution in [0.4, 0.5) is 0 Å². The van der Waals surface area contributed by atoms with E-state index in [4.69, 9.17) is 9.47 Å². The molecule has 1 aromatic heterocycles. The number of nitrogens with one attached hydrogen (secondary N) is 1. The summed E-state index contributed by atoms with van der Waals surface area (Å²) in [6, 6.07) is 9.52. The average Bonchev–Trinajstić information content (AvgIpc) is 3.10. The number of hydrogen-bond donors (Lipinski definition) is 3. The van der Waals surface area contributed by atoms with Crippen molar-refractivity contribution in [1.82, 2.24) is 10.3 Å². The molecule has 0 fully saturated rings. The Morgan fingerprint density at radius 1 is 1.39 bits per heavy atom. The number of fused-ring (bicyclic) bond motifs is 1. The molecule has 8 heteroatoms. The second kappa shape index (κ2) is 9.08. The maximum Gasteiger partial charge on any atom is 0.475 e. The predicted octanol–water partition coefficient (Wildman–Crippen LogP) is 1.39. The minimum atomic E-state index is -1.64. The summed E-state index contributed by atoms with van der Waals surface area (Å²) < 4.78 is 10.8. The molecule has 28 heavy (non-hydrogen) atoms. The largest absolute Gasteiger partial charge is 0.495 e. The van der Waals surface area contributed by atoms with Crippen LogP contribution in [-0.4, -0.2) is 47.7 Å². The summed E-state index contributed by atoms with van der Waals surface area (Å²) in [4.78, 5) is 16.5. The minimum Gasteiger partial charge on any atom is -0.495 e. The molecule has 1 aliphatic heterocycles. The first-order valence-electron chi connectivity index (χ1n) is 9.34. The molecular formula is C20H25BN2O5. The van der Waals surface area contributed by atoms with Crippen LogP contribution in [0.2, 0.25) is 0 Å². The number of aromatic nitrogens is 1. The molecule has 0 spiro atoms. The third-order valence-corrected chi connectivity index (χ3v) is 5.00. The zero-order valence-corrected chi connectivity index (χ0v) is 16.1. The molecule has 0 saturated carbocycles. The van der Waals surface area contributed by atoms with E-state index in [1.54, 1.807) is 25.4 Å². The number of methoxy groups -OCH3 is 1. The highest BCUT2D eigenvalue weighted by Gasteiger charge is 2.33. The second-order valence-electron chi connectivity index (χ2n) is 7.01. The summed E-state index contributed by atoms with van der Waals surface area (Å²) in [5, 5.41) is 22.2. The maximum atomic E-state index is 12.3. The summed E-state index contributed by atoms with van der Waals surface area (Å²) in [7, 11) is -0.0727. The number of nitrogens with zero attached hydrogens (tertiary/aromatic N) is 1. The fraction of sp³-hybridized carbons (Fsp3) is 0.400. The Balaban J connectivity index is 1.56. The maximum absolute atomic E-state index is 12.3.